The van der Waals surface area contributed by atoms with Gasteiger partial charge in [0.05, 0.1) is 5.02 Å². The van der Waals surface area contributed by atoms with E-state index in [4.69, 9.17) is 29.3 Å². The van der Waals surface area contributed by atoms with Crippen molar-refractivity contribution in [2.45, 2.75) is 0 Å². The monoisotopic (exact) mass is 248 g/mol. The van der Waals surface area contributed by atoms with Crippen molar-refractivity contribution in [3.63, 3.8) is 0 Å². The lowest BCUT2D eigenvalue weighted by Crippen LogP contribution is -2.49. The minimum Gasteiger partial charge on any atom is -0.479 e. The molecule has 84 valence electrons. The molecule has 0 aliphatic heterocycles. The van der Waals surface area contributed by atoms with Gasteiger partial charge in [0.2, 0.25) is 0 Å². The van der Waals surface area contributed by atoms with Crippen LogP contribution < -0.4 is 4.43 Å². The maximum atomic E-state index is 5.93. The Morgan fingerprint density at radius 3 is 2.00 bits per heavy atom. The van der Waals surface area contributed by atoms with Crippen LogP contribution in [0.3, 0.4) is 0 Å². The van der Waals surface area contributed by atoms with Gasteiger partial charge >= 0.3 is 9.05 Å². The molecule has 0 bridgehead atoms. The third kappa shape index (κ3) is 2.93. The van der Waals surface area contributed by atoms with Gasteiger partial charge in [-0.15, -0.1) is 0 Å². The van der Waals surface area contributed by atoms with Gasteiger partial charge in [-0.2, -0.15) is 0 Å². The molecular formula is C9H13ClO4Si. The molecule has 0 saturated heterocycles. The van der Waals surface area contributed by atoms with Crippen LogP contribution in [0.4, 0.5) is 0 Å². The average molecular weight is 249 g/mol. The summed E-state index contributed by atoms with van der Waals surface area (Å²) in [5.41, 5.74) is 0. The highest BCUT2D eigenvalue weighted by molar-refractivity contribution is 6.54. The smallest absolute Gasteiger partial charge is 0.479 e. The molecule has 0 saturated carbocycles. The first-order chi connectivity index (χ1) is 7.17. The molecule has 0 heterocycles. The van der Waals surface area contributed by atoms with Crippen LogP contribution >= 0.6 is 11.6 Å². The predicted octanol–water partition coefficient (Wildman–Crippen LogP) is 2.09. The first-order valence-electron chi connectivity index (χ1n) is 4.26. The Kier molecular flexibility index (Phi) is 4.56. The van der Waals surface area contributed by atoms with E-state index in [9.17, 15) is 0 Å². The van der Waals surface area contributed by atoms with Crippen LogP contribution in [-0.4, -0.2) is 30.4 Å². The molecule has 0 amide bonds. The molecular weight excluding hydrogens is 236 g/mol. The molecule has 1 rings (SSSR count). The molecule has 6 heteroatoms. The maximum absolute atomic E-state index is 5.93. The summed E-state index contributed by atoms with van der Waals surface area (Å²) in [5, 5.41) is 0.487. The quantitative estimate of drug-likeness (QED) is 0.748. The second-order valence-corrected chi connectivity index (χ2v) is 5.48. The van der Waals surface area contributed by atoms with E-state index in [0.717, 1.165) is 0 Å². The van der Waals surface area contributed by atoms with Crippen molar-refractivity contribution < 1.29 is 17.7 Å². The fourth-order valence-electron chi connectivity index (χ4n) is 1.04. The number of hydrogen-bond acceptors (Lipinski definition) is 4. The fourth-order valence-corrected chi connectivity index (χ4v) is 2.47. The normalized spacial score (nSPS) is 11.5. The summed E-state index contributed by atoms with van der Waals surface area (Å²) in [7, 11) is 1.33. The molecule has 1 aromatic carbocycles. The lowest BCUT2D eigenvalue weighted by molar-refractivity contribution is 0.0511. The largest absolute Gasteiger partial charge is 0.748 e. The zero-order valence-corrected chi connectivity index (χ0v) is 10.6. The summed E-state index contributed by atoms with van der Waals surface area (Å²) in [6.45, 7) is 0. The molecule has 0 aliphatic carbocycles. The first-order valence-corrected chi connectivity index (χ1v) is 6.27. The SMILES string of the molecule is CO[Si](OC)(OC)Oc1ccccc1Cl. The van der Waals surface area contributed by atoms with Crippen molar-refractivity contribution in [2.24, 2.45) is 0 Å². The molecule has 0 aliphatic rings. The standard InChI is InChI=1S/C9H13ClO4Si/c1-11-15(12-2,13-3)14-9-7-5-4-6-8(9)10/h4-7H,1-3H3. The Morgan fingerprint density at radius 2 is 1.53 bits per heavy atom. The molecule has 0 radical (unpaired) electrons. The van der Waals surface area contributed by atoms with Gasteiger partial charge in [-0.05, 0) is 12.1 Å². The van der Waals surface area contributed by atoms with Gasteiger partial charge in [0.1, 0.15) is 5.75 Å². The van der Waals surface area contributed by atoms with Gasteiger partial charge in [-0.1, -0.05) is 23.7 Å². The zero-order valence-electron chi connectivity index (χ0n) is 8.82. The third-order valence-electron chi connectivity index (χ3n) is 1.82. The minimum atomic E-state index is -3.07. The Morgan fingerprint density at radius 1 is 1.00 bits per heavy atom. The van der Waals surface area contributed by atoms with Crippen LogP contribution in [0.25, 0.3) is 0 Å². The van der Waals surface area contributed by atoms with Crippen molar-refractivity contribution in [3.8, 4) is 5.75 Å². The van der Waals surface area contributed by atoms with E-state index in [0.29, 0.717) is 10.8 Å². The summed E-state index contributed by atoms with van der Waals surface area (Å²) in [5.74, 6) is 0.483. The Hall–Kier alpha value is -0.593. The van der Waals surface area contributed by atoms with Gasteiger partial charge in [0, 0.05) is 21.3 Å². The average Bonchev–Trinajstić information content (AvgIpc) is 2.29. The molecule has 0 N–H and O–H groups in total. The summed E-state index contributed by atoms with van der Waals surface area (Å²) in [6, 6.07) is 7.06. The minimum absolute atomic E-state index is 0.483. The topological polar surface area (TPSA) is 36.9 Å². The van der Waals surface area contributed by atoms with Crippen molar-refractivity contribution in [2.75, 3.05) is 21.3 Å². The second kappa shape index (κ2) is 5.48. The van der Waals surface area contributed by atoms with Gasteiger partial charge in [0.15, 0.2) is 0 Å². The highest BCUT2D eigenvalue weighted by Gasteiger charge is 2.45. The van der Waals surface area contributed by atoms with Crippen molar-refractivity contribution in [1.82, 2.24) is 0 Å². The van der Waals surface area contributed by atoms with Crippen LogP contribution in [0.5, 0.6) is 5.75 Å². The van der Waals surface area contributed by atoms with Crippen LogP contribution in [0.2, 0.25) is 5.02 Å². The lowest BCUT2D eigenvalue weighted by atomic mass is 10.3. The fraction of sp³-hybridized carbons (Fsp3) is 0.333. The molecule has 0 atom stereocenters. The zero-order chi connectivity index (χ0) is 11.3. The van der Waals surface area contributed by atoms with Crippen LogP contribution in [0.15, 0.2) is 24.3 Å². The Labute approximate surface area is 95.2 Å². The molecule has 0 unspecified atom stereocenters. The van der Waals surface area contributed by atoms with Gasteiger partial charge in [-0.3, -0.25) is 0 Å². The molecule has 0 fully saturated rings. The van der Waals surface area contributed by atoms with Crippen LogP contribution in [-0.2, 0) is 13.3 Å². The second-order valence-electron chi connectivity index (χ2n) is 2.64. The van der Waals surface area contributed by atoms with Gasteiger partial charge < -0.3 is 17.7 Å². The molecule has 1 aromatic rings. The Balaban J connectivity index is 2.88. The Bertz CT molecular complexity index is 308. The highest BCUT2D eigenvalue weighted by Crippen LogP contribution is 2.26. The maximum Gasteiger partial charge on any atom is 0.748 e. The number of hydrogen-bond donors (Lipinski definition) is 0. The number of halogens is 1. The number of rotatable bonds is 5. The number of para-hydroxylation sites is 1. The van der Waals surface area contributed by atoms with E-state index >= 15 is 0 Å². The summed E-state index contributed by atoms with van der Waals surface area (Å²) < 4.78 is 20.8. The molecule has 0 aromatic heterocycles. The molecule has 15 heavy (non-hydrogen) atoms. The highest BCUT2D eigenvalue weighted by atomic mass is 35.5. The van der Waals surface area contributed by atoms with E-state index in [1.807, 2.05) is 6.07 Å². The summed E-state index contributed by atoms with van der Waals surface area (Å²) >= 11 is 5.93. The van der Waals surface area contributed by atoms with E-state index in [-0.39, 0.29) is 0 Å². The van der Waals surface area contributed by atoms with Crippen LogP contribution in [0.1, 0.15) is 0 Å². The molecule has 0 spiro atoms. The summed E-state index contributed by atoms with van der Waals surface area (Å²) in [4.78, 5) is 0. The van der Waals surface area contributed by atoms with E-state index < -0.39 is 9.05 Å². The van der Waals surface area contributed by atoms with Crippen molar-refractivity contribution in [3.05, 3.63) is 29.3 Å². The van der Waals surface area contributed by atoms with E-state index in [2.05, 4.69) is 0 Å². The van der Waals surface area contributed by atoms with Crippen molar-refractivity contribution >= 4 is 20.6 Å². The van der Waals surface area contributed by atoms with Gasteiger partial charge in [0.25, 0.3) is 0 Å². The summed E-state index contributed by atoms with van der Waals surface area (Å²) in [6.07, 6.45) is 0. The van der Waals surface area contributed by atoms with E-state index in [1.165, 1.54) is 21.3 Å². The van der Waals surface area contributed by atoms with E-state index in [1.54, 1.807) is 18.2 Å². The van der Waals surface area contributed by atoms with Gasteiger partial charge in [-0.25, -0.2) is 0 Å². The van der Waals surface area contributed by atoms with Crippen molar-refractivity contribution in [1.29, 1.82) is 0 Å². The number of benzene rings is 1. The van der Waals surface area contributed by atoms with Crippen LogP contribution in [0, 0.1) is 0 Å². The third-order valence-corrected chi connectivity index (χ3v) is 4.10. The molecule has 4 nitrogen and oxygen atoms in total. The lowest BCUT2D eigenvalue weighted by Gasteiger charge is -2.23. The first kappa shape index (κ1) is 12.5. The predicted molar refractivity (Wildman–Crippen MR) is 58.9 cm³/mol.